The van der Waals surface area contributed by atoms with E-state index in [2.05, 4.69) is 62.5 Å². The summed E-state index contributed by atoms with van der Waals surface area (Å²) in [7, 11) is 1.93. The van der Waals surface area contributed by atoms with Crippen molar-refractivity contribution >= 4 is 5.69 Å². The maximum absolute atomic E-state index is 3.07. The molecule has 0 aromatic heterocycles. The summed E-state index contributed by atoms with van der Waals surface area (Å²) in [5.74, 6) is 0. The Hall–Kier alpha value is -1.76. The Balaban J connectivity index is 0.000000171. The van der Waals surface area contributed by atoms with Gasteiger partial charge < -0.3 is 5.32 Å². The van der Waals surface area contributed by atoms with E-state index in [4.69, 9.17) is 0 Å². The highest BCUT2D eigenvalue weighted by Crippen LogP contribution is 2.07. The molecular formula is C16H21N. The van der Waals surface area contributed by atoms with Gasteiger partial charge in [0.25, 0.3) is 0 Å². The lowest BCUT2D eigenvalue weighted by molar-refractivity contribution is 1.39. The summed E-state index contributed by atoms with van der Waals surface area (Å²) in [6.07, 6.45) is 0. The molecule has 0 bridgehead atoms. The molecule has 0 unspecified atom stereocenters. The number of benzene rings is 2. The van der Waals surface area contributed by atoms with Crippen LogP contribution in [-0.4, -0.2) is 7.05 Å². The molecule has 0 aliphatic carbocycles. The molecule has 0 aliphatic rings. The maximum Gasteiger partial charge on any atom is 0.0340 e. The van der Waals surface area contributed by atoms with Crippen molar-refractivity contribution in [3.8, 4) is 0 Å². The first-order valence-corrected chi connectivity index (χ1v) is 5.89. The second-order valence-electron chi connectivity index (χ2n) is 4.28. The van der Waals surface area contributed by atoms with Crippen molar-refractivity contribution in [3.63, 3.8) is 0 Å². The molecule has 1 nitrogen and oxygen atoms in total. The van der Waals surface area contributed by atoms with Crippen LogP contribution in [0, 0.1) is 20.8 Å². The van der Waals surface area contributed by atoms with E-state index >= 15 is 0 Å². The van der Waals surface area contributed by atoms with E-state index in [1.54, 1.807) is 0 Å². The molecule has 2 aromatic carbocycles. The highest BCUT2D eigenvalue weighted by atomic mass is 14.8. The first kappa shape index (κ1) is 13.3. The molecule has 1 heteroatoms. The summed E-state index contributed by atoms with van der Waals surface area (Å²) in [4.78, 5) is 0. The number of nitrogens with one attached hydrogen (secondary N) is 1. The zero-order valence-electron chi connectivity index (χ0n) is 11.1. The van der Waals surface area contributed by atoms with Gasteiger partial charge in [-0.3, -0.25) is 0 Å². The molecule has 0 atom stereocenters. The Labute approximate surface area is 105 Å². The minimum atomic E-state index is 1.18. The van der Waals surface area contributed by atoms with Crippen molar-refractivity contribution in [1.82, 2.24) is 0 Å². The number of aryl methyl sites for hydroxylation is 3. The van der Waals surface area contributed by atoms with E-state index in [-0.39, 0.29) is 0 Å². The van der Waals surface area contributed by atoms with E-state index < -0.39 is 0 Å². The molecule has 0 radical (unpaired) electrons. The van der Waals surface area contributed by atoms with Gasteiger partial charge in [0.05, 0.1) is 0 Å². The fourth-order valence-corrected chi connectivity index (χ4v) is 1.61. The van der Waals surface area contributed by atoms with Gasteiger partial charge in [0.1, 0.15) is 0 Å². The average Bonchev–Trinajstić information content (AvgIpc) is 2.29. The predicted molar refractivity (Wildman–Crippen MR) is 76.6 cm³/mol. The Morgan fingerprint density at radius 2 is 1.18 bits per heavy atom. The monoisotopic (exact) mass is 227 g/mol. The lowest BCUT2D eigenvalue weighted by atomic mass is 10.2. The molecule has 0 fully saturated rings. The molecular weight excluding hydrogens is 206 g/mol. The van der Waals surface area contributed by atoms with Crippen molar-refractivity contribution in [2.45, 2.75) is 20.8 Å². The van der Waals surface area contributed by atoms with Gasteiger partial charge >= 0.3 is 0 Å². The quantitative estimate of drug-likeness (QED) is 0.764. The smallest absolute Gasteiger partial charge is 0.0340 e. The van der Waals surface area contributed by atoms with Gasteiger partial charge in [-0.15, -0.1) is 0 Å². The third-order valence-corrected chi connectivity index (χ3v) is 2.48. The van der Waals surface area contributed by atoms with Gasteiger partial charge in [-0.25, -0.2) is 0 Å². The number of hydrogen-bond donors (Lipinski definition) is 1. The summed E-state index contributed by atoms with van der Waals surface area (Å²) in [6.45, 7) is 6.29. The molecule has 2 rings (SSSR count). The number of anilines is 1. The maximum atomic E-state index is 3.07. The Morgan fingerprint density at radius 1 is 0.706 bits per heavy atom. The van der Waals surface area contributed by atoms with E-state index in [1.807, 2.05) is 19.2 Å². The van der Waals surface area contributed by atoms with Crippen LogP contribution in [0.4, 0.5) is 5.69 Å². The summed E-state index contributed by atoms with van der Waals surface area (Å²) >= 11 is 0. The summed E-state index contributed by atoms with van der Waals surface area (Å²) in [5.41, 5.74) is 5.15. The molecule has 0 spiro atoms. The van der Waals surface area contributed by atoms with Crippen molar-refractivity contribution in [2.24, 2.45) is 0 Å². The first-order valence-electron chi connectivity index (χ1n) is 5.89. The van der Waals surface area contributed by atoms with Crippen molar-refractivity contribution < 1.29 is 0 Å². The zero-order chi connectivity index (χ0) is 12.7. The molecule has 0 saturated heterocycles. The van der Waals surface area contributed by atoms with Crippen LogP contribution < -0.4 is 5.32 Å². The van der Waals surface area contributed by atoms with Crippen LogP contribution >= 0.6 is 0 Å². The molecule has 1 N–H and O–H groups in total. The van der Waals surface area contributed by atoms with E-state index in [1.165, 1.54) is 22.4 Å². The second-order valence-corrected chi connectivity index (χ2v) is 4.28. The zero-order valence-corrected chi connectivity index (χ0v) is 11.1. The fourth-order valence-electron chi connectivity index (χ4n) is 1.61. The van der Waals surface area contributed by atoms with Crippen LogP contribution in [0.5, 0.6) is 0 Å². The summed E-state index contributed by atoms with van der Waals surface area (Å²) in [6, 6.07) is 16.7. The third-order valence-electron chi connectivity index (χ3n) is 2.48. The van der Waals surface area contributed by atoms with Crippen LogP contribution in [0.25, 0.3) is 0 Å². The van der Waals surface area contributed by atoms with E-state index in [9.17, 15) is 0 Å². The molecule has 0 aliphatic heterocycles. The minimum Gasteiger partial charge on any atom is -0.388 e. The lowest BCUT2D eigenvalue weighted by Gasteiger charge is -1.98. The fraction of sp³-hybridized carbons (Fsp3) is 0.250. The van der Waals surface area contributed by atoms with Crippen LogP contribution in [0.15, 0.2) is 48.5 Å². The van der Waals surface area contributed by atoms with Gasteiger partial charge in [0, 0.05) is 12.7 Å². The molecule has 17 heavy (non-hydrogen) atoms. The SMILES string of the molecule is CNc1cccc(C)c1.Cc1cccc(C)c1. The van der Waals surface area contributed by atoms with E-state index in [0.29, 0.717) is 0 Å². The lowest BCUT2D eigenvalue weighted by Crippen LogP contribution is -1.86. The van der Waals surface area contributed by atoms with Gasteiger partial charge in [0.2, 0.25) is 0 Å². The van der Waals surface area contributed by atoms with Gasteiger partial charge in [-0.05, 0) is 38.5 Å². The first-order chi connectivity index (χ1) is 8.11. The van der Waals surface area contributed by atoms with Crippen molar-refractivity contribution in [1.29, 1.82) is 0 Å². The summed E-state index contributed by atoms with van der Waals surface area (Å²) in [5, 5.41) is 3.07. The number of rotatable bonds is 1. The van der Waals surface area contributed by atoms with Crippen molar-refractivity contribution in [2.75, 3.05) is 12.4 Å². The van der Waals surface area contributed by atoms with Crippen molar-refractivity contribution in [3.05, 3.63) is 65.2 Å². The van der Waals surface area contributed by atoms with Crippen LogP contribution in [-0.2, 0) is 0 Å². The highest BCUT2D eigenvalue weighted by Gasteiger charge is 1.84. The van der Waals surface area contributed by atoms with E-state index in [0.717, 1.165) is 0 Å². The highest BCUT2D eigenvalue weighted by molar-refractivity contribution is 5.44. The molecule has 2 aromatic rings. The predicted octanol–water partition coefficient (Wildman–Crippen LogP) is 4.34. The van der Waals surface area contributed by atoms with Crippen LogP contribution in [0.2, 0.25) is 0 Å². The topological polar surface area (TPSA) is 12.0 Å². The standard InChI is InChI=1S/C8H11N.C8H10/c1-7-4-3-5-8(6-7)9-2;1-7-4-3-5-8(2)6-7/h3-6,9H,1-2H3;3-6H,1-2H3. The largest absolute Gasteiger partial charge is 0.388 e. The van der Waals surface area contributed by atoms with Crippen LogP contribution in [0.1, 0.15) is 16.7 Å². The van der Waals surface area contributed by atoms with Gasteiger partial charge in [0.15, 0.2) is 0 Å². The average molecular weight is 227 g/mol. The molecule has 90 valence electrons. The second kappa shape index (κ2) is 6.74. The Kier molecular flexibility index (Phi) is 5.28. The Bertz CT molecular complexity index is 443. The normalized spacial score (nSPS) is 9.18. The molecule has 0 saturated carbocycles. The van der Waals surface area contributed by atoms with Gasteiger partial charge in [-0.2, -0.15) is 0 Å². The third kappa shape index (κ3) is 5.21. The van der Waals surface area contributed by atoms with Crippen LogP contribution in [0.3, 0.4) is 0 Å². The number of hydrogen-bond acceptors (Lipinski definition) is 1. The molecule has 0 amide bonds. The Morgan fingerprint density at radius 3 is 1.47 bits per heavy atom. The van der Waals surface area contributed by atoms with Gasteiger partial charge in [-0.1, -0.05) is 47.5 Å². The summed E-state index contributed by atoms with van der Waals surface area (Å²) < 4.78 is 0. The minimum absolute atomic E-state index is 1.18. The molecule has 0 heterocycles.